The van der Waals surface area contributed by atoms with E-state index >= 15 is 0 Å². The van der Waals surface area contributed by atoms with Crippen LogP contribution in [0.2, 0.25) is 0 Å². The van der Waals surface area contributed by atoms with Crippen LogP contribution in [0.3, 0.4) is 0 Å². The van der Waals surface area contributed by atoms with Crippen LogP contribution in [0.4, 0.5) is 0 Å². The number of aromatic nitrogens is 3. The maximum absolute atomic E-state index is 5.54. The Bertz CT molecular complexity index is 249. The Morgan fingerprint density at radius 1 is 1.50 bits per heavy atom. The van der Waals surface area contributed by atoms with E-state index in [1.165, 1.54) is 25.7 Å². The van der Waals surface area contributed by atoms with Gasteiger partial charge in [-0.15, -0.1) is 0 Å². The molecule has 1 aliphatic carbocycles. The van der Waals surface area contributed by atoms with Crippen LogP contribution >= 0.6 is 0 Å². The summed E-state index contributed by atoms with van der Waals surface area (Å²) < 4.78 is 1.99. The van der Waals surface area contributed by atoms with Gasteiger partial charge in [0.15, 0.2) is 0 Å². The van der Waals surface area contributed by atoms with E-state index in [4.69, 9.17) is 5.73 Å². The quantitative estimate of drug-likeness (QED) is 0.708. The molecule has 0 spiro atoms. The minimum absolute atomic E-state index is 0.497. The van der Waals surface area contributed by atoms with E-state index in [0.29, 0.717) is 12.6 Å². The van der Waals surface area contributed by atoms with E-state index in [1.807, 2.05) is 4.68 Å². The normalized spacial score (nSPS) is 18.8. The second kappa shape index (κ2) is 3.23. The highest BCUT2D eigenvalue weighted by molar-refractivity contribution is 4.87. The van der Waals surface area contributed by atoms with E-state index < -0.39 is 0 Å². The van der Waals surface area contributed by atoms with Crippen LogP contribution < -0.4 is 5.73 Å². The summed E-state index contributed by atoms with van der Waals surface area (Å²) in [6.07, 6.45) is 6.69. The molecule has 4 heteroatoms. The fourth-order valence-electron chi connectivity index (χ4n) is 1.87. The van der Waals surface area contributed by atoms with Crippen LogP contribution in [0.15, 0.2) is 6.33 Å². The van der Waals surface area contributed by atoms with Crippen molar-refractivity contribution in [3.8, 4) is 0 Å². The number of hydrogen-bond acceptors (Lipinski definition) is 3. The third-order valence-corrected chi connectivity index (χ3v) is 2.50. The largest absolute Gasteiger partial charge is 0.324 e. The molecule has 0 amide bonds. The molecule has 1 aromatic heterocycles. The van der Waals surface area contributed by atoms with E-state index in [0.717, 1.165) is 5.82 Å². The molecule has 2 N–H and O–H groups in total. The lowest BCUT2D eigenvalue weighted by atomic mass is 10.2. The SMILES string of the molecule is NCc1ncnn1C1CCCC1. The molecule has 0 saturated heterocycles. The highest BCUT2D eigenvalue weighted by Gasteiger charge is 2.19. The lowest BCUT2D eigenvalue weighted by molar-refractivity contribution is 0.447. The van der Waals surface area contributed by atoms with Gasteiger partial charge in [0.05, 0.1) is 12.6 Å². The van der Waals surface area contributed by atoms with E-state index in [-0.39, 0.29) is 0 Å². The lowest BCUT2D eigenvalue weighted by Crippen LogP contribution is -2.13. The Morgan fingerprint density at radius 3 is 2.92 bits per heavy atom. The predicted molar refractivity (Wildman–Crippen MR) is 45.4 cm³/mol. The van der Waals surface area contributed by atoms with Gasteiger partial charge < -0.3 is 5.73 Å². The molecule has 0 unspecified atom stereocenters. The number of nitrogens with two attached hydrogens (primary N) is 1. The van der Waals surface area contributed by atoms with Crippen molar-refractivity contribution in [1.29, 1.82) is 0 Å². The Balaban J connectivity index is 2.19. The molecule has 1 heterocycles. The fourth-order valence-corrected chi connectivity index (χ4v) is 1.87. The molecule has 0 aliphatic heterocycles. The summed E-state index contributed by atoms with van der Waals surface area (Å²) in [7, 11) is 0. The zero-order chi connectivity index (χ0) is 8.39. The van der Waals surface area contributed by atoms with Crippen molar-refractivity contribution in [2.45, 2.75) is 38.3 Å². The molecular formula is C8H14N4. The molecule has 1 aliphatic rings. The highest BCUT2D eigenvalue weighted by atomic mass is 15.4. The molecule has 1 aromatic rings. The van der Waals surface area contributed by atoms with Gasteiger partial charge in [0, 0.05) is 0 Å². The molecule has 1 fully saturated rings. The standard InChI is InChI=1S/C8H14N4/c9-5-8-10-6-11-12(8)7-3-1-2-4-7/h6-7H,1-5,9H2. The van der Waals surface area contributed by atoms with Crippen LogP contribution in [-0.2, 0) is 6.54 Å². The first-order valence-electron chi connectivity index (χ1n) is 4.50. The first-order chi connectivity index (χ1) is 5.92. The first-order valence-corrected chi connectivity index (χ1v) is 4.50. The smallest absolute Gasteiger partial charge is 0.140 e. The molecule has 1 saturated carbocycles. The van der Waals surface area contributed by atoms with Gasteiger partial charge in [-0.3, -0.25) is 0 Å². The molecule has 12 heavy (non-hydrogen) atoms. The van der Waals surface area contributed by atoms with Crippen LogP contribution in [0.25, 0.3) is 0 Å². The monoisotopic (exact) mass is 166 g/mol. The minimum Gasteiger partial charge on any atom is -0.324 e. The van der Waals surface area contributed by atoms with Gasteiger partial charge in [-0.1, -0.05) is 12.8 Å². The lowest BCUT2D eigenvalue weighted by Gasteiger charge is -2.11. The summed E-state index contributed by atoms with van der Waals surface area (Å²) >= 11 is 0. The van der Waals surface area contributed by atoms with Gasteiger partial charge >= 0.3 is 0 Å². The summed E-state index contributed by atoms with van der Waals surface area (Å²) in [4.78, 5) is 4.11. The van der Waals surface area contributed by atoms with Crippen molar-refractivity contribution in [3.63, 3.8) is 0 Å². The maximum atomic E-state index is 5.54. The zero-order valence-electron chi connectivity index (χ0n) is 7.11. The summed E-state index contributed by atoms with van der Waals surface area (Å²) in [5.41, 5.74) is 5.54. The third-order valence-electron chi connectivity index (χ3n) is 2.50. The van der Waals surface area contributed by atoms with Crippen LogP contribution in [-0.4, -0.2) is 14.8 Å². The summed E-state index contributed by atoms with van der Waals surface area (Å²) in [5, 5.41) is 4.19. The predicted octanol–water partition coefficient (Wildman–Crippen LogP) is 0.852. The van der Waals surface area contributed by atoms with Crippen molar-refractivity contribution in [1.82, 2.24) is 14.8 Å². The van der Waals surface area contributed by atoms with E-state index in [9.17, 15) is 0 Å². The average Bonchev–Trinajstić information content (AvgIpc) is 2.74. The molecule has 0 atom stereocenters. The van der Waals surface area contributed by atoms with Gasteiger partial charge in [-0.05, 0) is 12.8 Å². The van der Waals surface area contributed by atoms with Crippen molar-refractivity contribution in [3.05, 3.63) is 12.2 Å². The second-order valence-electron chi connectivity index (χ2n) is 3.26. The van der Waals surface area contributed by atoms with Crippen molar-refractivity contribution in [2.75, 3.05) is 0 Å². The first kappa shape index (κ1) is 7.73. The molecule has 0 radical (unpaired) electrons. The number of rotatable bonds is 2. The Kier molecular flexibility index (Phi) is 2.08. The number of hydrogen-bond donors (Lipinski definition) is 1. The second-order valence-corrected chi connectivity index (χ2v) is 3.26. The van der Waals surface area contributed by atoms with E-state index in [1.54, 1.807) is 6.33 Å². The van der Waals surface area contributed by atoms with Crippen LogP contribution in [0, 0.1) is 0 Å². The van der Waals surface area contributed by atoms with Gasteiger partial charge in [0.2, 0.25) is 0 Å². The van der Waals surface area contributed by atoms with Crippen LogP contribution in [0.1, 0.15) is 37.5 Å². The average molecular weight is 166 g/mol. The third kappa shape index (κ3) is 1.22. The van der Waals surface area contributed by atoms with E-state index in [2.05, 4.69) is 10.1 Å². The van der Waals surface area contributed by atoms with Gasteiger partial charge in [-0.2, -0.15) is 5.10 Å². The molecule has 2 rings (SSSR count). The van der Waals surface area contributed by atoms with Crippen molar-refractivity contribution >= 4 is 0 Å². The highest BCUT2D eigenvalue weighted by Crippen LogP contribution is 2.28. The molecule has 0 aromatic carbocycles. The van der Waals surface area contributed by atoms with Crippen molar-refractivity contribution < 1.29 is 0 Å². The maximum Gasteiger partial charge on any atom is 0.140 e. The summed E-state index contributed by atoms with van der Waals surface area (Å²) in [6, 6.07) is 0.561. The molecule has 66 valence electrons. The van der Waals surface area contributed by atoms with Gasteiger partial charge in [-0.25, -0.2) is 9.67 Å². The summed E-state index contributed by atoms with van der Waals surface area (Å²) in [5.74, 6) is 0.918. The number of nitrogens with zero attached hydrogens (tertiary/aromatic N) is 3. The minimum atomic E-state index is 0.497. The fraction of sp³-hybridized carbons (Fsp3) is 0.750. The molecule has 4 nitrogen and oxygen atoms in total. The Hall–Kier alpha value is -0.900. The van der Waals surface area contributed by atoms with Crippen molar-refractivity contribution in [2.24, 2.45) is 5.73 Å². The Morgan fingerprint density at radius 2 is 2.25 bits per heavy atom. The zero-order valence-corrected chi connectivity index (χ0v) is 7.11. The van der Waals surface area contributed by atoms with Gasteiger partial charge in [0.25, 0.3) is 0 Å². The molecule has 0 bridgehead atoms. The van der Waals surface area contributed by atoms with Gasteiger partial charge in [0.1, 0.15) is 12.2 Å². The topological polar surface area (TPSA) is 56.7 Å². The molecular weight excluding hydrogens is 152 g/mol. The Labute approximate surface area is 71.8 Å². The summed E-state index contributed by atoms with van der Waals surface area (Å²) in [6.45, 7) is 0.497. The van der Waals surface area contributed by atoms with Crippen LogP contribution in [0.5, 0.6) is 0 Å².